The molecule has 0 aliphatic carbocycles. The van der Waals surface area contributed by atoms with Crippen LogP contribution in [0.1, 0.15) is 11.6 Å². The highest BCUT2D eigenvalue weighted by atomic mass is 16.5. The van der Waals surface area contributed by atoms with Gasteiger partial charge in [-0.25, -0.2) is 0 Å². The van der Waals surface area contributed by atoms with E-state index in [4.69, 9.17) is 15.8 Å². The van der Waals surface area contributed by atoms with Gasteiger partial charge in [0.15, 0.2) is 6.23 Å². The average molecular weight is 202 g/mol. The predicted octanol–water partition coefficient (Wildman–Crippen LogP) is 3.07. The first kappa shape index (κ1) is 9.21. The minimum absolute atomic E-state index is 0.581. The summed E-state index contributed by atoms with van der Waals surface area (Å²) in [6.07, 6.45) is -0.789. The van der Waals surface area contributed by atoms with Gasteiger partial charge < -0.3 is 4.74 Å². The molecule has 0 radical (unpaired) electrons. The summed E-state index contributed by atoms with van der Waals surface area (Å²) in [5.41, 5.74) is 17.5. The van der Waals surface area contributed by atoms with E-state index >= 15 is 0 Å². The fraction of sp³-hybridized carbons (Fsp3) is 0.250. The maximum atomic E-state index is 8.41. The van der Waals surface area contributed by atoms with Crippen molar-refractivity contribution in [2.45, 2.75) is 12.3 Å². The zero-order valence-corrected chi connectivity index (χ0v) is 7.56. The second kappa shape index (κ2) is 3.79. The number of benzene rings is 1. The molecular weight excluding hydrogens is 196 g/mol. The highest BCUT2D eigenvalue weighted by Crippen LogP contribution is 2.39. The van der Waals surface area contributed by atoms with Gasteiger partial charge in [0.25, 0.3) is 0 Å². The Morgan fingerprint density at radius 1 is 1.13 bits per heavy atom. The molecule has 0 N–H and O–H groups in total. The third-order valence-electron chi connectivity index (χ3n) is 2.10. The van der Waals surface area contributed by atoms with E-state index < -0.39 is 12.3 Å². The first-order valence-electron chi connectivity index (χ1n) is 4.21. The number of nitrogens with zero attached hydrogens (tertiary/aromatic N) is 6. The Bertz CT molecular complexity index is 474. The lowest BCUT2D eigenvalue weighted by atomic mass is 10.1. The average Bonchev–Trinajstić information content (AvgIpc) is 2.59. The summed E-state index contributed by atoms with van der Waals surface area (Å²) in [4.78, 5) is 5.36. The van der Waals surface area contributed by atoms with Crippen LogP contribution in [0.4, 0.5) is 0 Å². The maximum absolute atomic E-state index is 8.41. The minimum atomic E-state index is -0.789. The molecule has 1 aromatic rings. The van der Waals surface area contributed by atoms with Crippen molar-refractivity contribution in [2.75, 3.05) is 0 Å². The third-order valence-corrected chi connectivity index (χ3v) is 2.10. The molecule has 0 unspecified atom stereocenters. The quantitative estimate of drug-likeness (QED) is 0.410. The van der Waals surface area contributed by atoms with Gasteiger partial charge in [0.1, 0.15) is 11.8 Å². The predicted molar refractivity (Wildman–Crippen MR) is 51.9 cm³/mol. The molecule has 1 heterocycles. The lowest BCUT2D eigenvalue weighted by molar-refractivity contribution is 0.215. The molecular formula is C8H6N6O. The number of rotatable bonds is 2. The van der Waals surface area contributed by atoms with Crippen LogP contribution in [0, 0.1) is 0 Å². The highest BCUT2D eigenvalue weighted by Gasteiger charge is 2.32. The Kier molecular flexibility index (Phi) is 2.33. The smallest absolute Gasteiger partial charge is 0.190 e. The Balaban J connectivity index is 2.45. The molecule has 74 valence electrons. The number of azide groups is 2. The van der Waals surface area contributed by atoms with E-state index in [1.165, 1.54) is 0 Å². The van der Waals surface area contributed by atoms with Gasteiger partial charge in [-0.2, -0.15) is 0 Å². The molecule has 0 bridgehead atoms. The summed E-state index contributed by atoms with van der Waals surface area (Å²) >= 11 is 0. The van der Waals surface area contributed by atoms with Crippen molar-refractivity contribution >= 4 is 0 Å². The van der Waals surface area contributed by atoms with Crippen LogP contribution in [0.25, 0.3) is 20.9 Å². The molecule has 7 heteroatoms. The Morgan fingerprint density at radius 3 is 2.60 bits per heavy atom. The number of hydrogen-bond donors (Lipinski definition) is 0. The summed E-state index contributed by atoms with van der Waals surface area (Å²) in [5.74, 6) is 0.590. The van der Waals surface area contributed by atoms with Crippen LogP contribution in [-0.4, -0.2) is 6.23 Å². The molecule has 2 rings (SSSR count). The standard InChI is InChI=1S/C8H6N6O/c9-13-11-7-5-3-1-2-4-6(5)15-8(7)12-14-10/h1-4,7-8H/t7-,8-/m1/s1. The molecule has 15 heavy (non-hydrogen) atoms. The fourth-order valence-corrected chi connectivity index (χ4v) is 1.49. The Labute approximate surface area is 84.5 Å². The van der Waals surface area contributed by atoms with Crippen LogP contribution in [0.3, 0.4) is 0 Å². The van der Waals surface area contributed by atoms with Crippen LogP contribution >= 0.6 is 0 Å². The number of fused-ring (bicyclic) bond motifs is 1. The van der Waals surface area contributed by atoms with Gasteiger partial charge in [-0.1, -0.05) is 23.3 Å². The lowest BCUT2D eigenvalue weighted by Crippen LogP contribution is -2.12. The van der Waals surface area contributed by atoms with E-state index in [9.17, 15) is 0 Å². The number of para-hydroxylation sites is 1. The summed E-state index contributed by atoms with van der Waals surface area (Å²) in [6.45, 7) is 0. The monoisotopic (exact) mass is 202 g/mol. The second-order valence-electron chi connectivity index (χ2n) is 2.90. The van der Waals surface area contributed by atoms with E-state index in [0.717, 1.165) is 5.56 Å². The van der Waals surface area contributed by atoms with Crippen molar-refractivity contribution in [3.8, 4) is 5.75 Å². The van der Waals surface area contributed by atoms with Crippen molar-refractivity contribution in [3.05, 3.63) is 50.7 Å². The van der Waals surface area contributed by atoms with E-state index in [2.05, 4.69) is 20.1 Å². The lowest BCUT2D eigenvalue weighted by Gasteiger charge is -2.06. The normalized spacial score (nSPS) is 21.9. The molecule has 0 spiro atoms. The van der Waals surface area contributed by atoms with Crippen LogP contribution in [0.2, 0.25) is 0 Å². The van der Waals surface area contributed by atoms with E-state index in [-0.39, 0.29) is 0 Å². The van der Waals surface area contributed by atoms with E-state index in [0.29, 0.717) is 5.75 Å². The van der Waals surface area contributed by atoms with Gasteiger partial charge in [-0.15, -0.1) is 0 Å². The van der Waals surface area contributed by atoms with E-state index in [1.807, 2.05) is 0 Å². The van der Waals surface area contributed by atoms with Crippen molar-refractivity contribution in [3.63, 3.8) is 0 Å². The molecule has 0 aromatic heterocycles. The van der Waals surface area contributed by atoms with Crippen molar-refractivity contribution in [1.82, 2.24) is 0 Å². The van der Waals surface area contributed by atoms with Crippen LogP contribution in [0.5, 0.6) is 5.75 Å². The fourth-order valence-electron chi connectivity index (χ4n) is 1.49. The van der Waals surface area contributed by atoms with Gasteiger partial charge >= 0.3 is 0 Å². The van der Waals surface area contributed by atoms with Gasteiger partial charge in [0, 0.05) is 15.4 Å². The van der Waals surface area contributed by atoms with Gasteiger partial charge in [0.2, 0.25) is 0 Å². The highest BCUT2D eigenvalue weighted by molar-refractivity contribution is 5.40. The third kappa shape index (κ3) is 1.52. The molecule has 0 amide bonds. The zero-order valence-electron chi connectivity index (χ0n) is 7.56. The molecule has 1 aromatic carbocycles. The maximum Gasteiger partial charge on any atom is 0.190 e. The topological polar surface area (TPSA) is 107 Å². The largest absolute Gasteiger partial charge is 0.483 e. The Morgan fingerprint density at radius 2 is 1.87 bits per heavy atom. The van der Waals surface area contributed by atoms with Gasteiger partial charge in [0.05, 0.1) is 0 Å². The molecule has 1 aliphatic heterocycles. The molecule has 1 aliphatic rings. The SMILES string of the molecule is [N-]=[N+]=N[C@@H]1Oc2ccccc2[C@H]1N=[N+]=[N-]. The summed E-state index contributed by atoms with van der Waals surface area (Å²) < 4.78 is 5.33. The molecule has 0 saturated heterocycles. The number of ether oxygens (including phenoxy) is 1. The first-order chi connectivity index (χ1) is 7.36. The van der Waals surface area contributed by atoms with E-state index in [1.54, 1.807) is 24.3 Å². The van der Waals surface area contributed by atoms with Crippen LogP contribution in [0.15, 0.2) is 34.5 Å². The minimum Gasteiger partial charge on any atom is -0.483 e. The molecule has 2 atom stereocenters. The first-order valence-corrected chi connectivity index (χ1v) is 4.21. The summed E-state index contributed by atoms with van der Waals surface area (Å²) in [5, 5.41) is 6.99. The molecule has 0 fully saturated rings. The van der Waals surface area contributed by atoms with Crippen LogP contribution in [-0.2, 0) is 0 Å². The van der Waals surface area contributed by atoms with Crippen molar-refractivity contribution in [1.29, 1.82) is 0 Å². The van der Waals surface area contributed by atoms with Crippen LogP contribution < -0.4 is 4.74 Å². The second-order valence-corrected chi connectivity index (χ2v) is 2.90. The summed E-state index contributed by atoms with van der Waals surface area (Å²) in [7, 11) is 0. The number of hydrogen-bond acceptors (Lipinski definition) is 3. The van der Waals surface area contributed by atoms with Crippen molar-refractivity contribution < 1.29 is 4.74 Å². The Hall–Kier alpha value is -2.36. The summed E-state index contributed by atoms with van der Waals surface area (Å²) in [6, 6.07) is 6.54. The molecule has 0 saturated carbocycles. The van der Waals surface area contributed by atoms with Crippen molar-refractivity contribution in [2.24, 2.45) is 10.2 Å². The molecule has 7 nitrogen and oxygen atoms in total. The van der Waals surface area contributed by atoms with Gasteiger partial charge in [-0.3, -0.25) is 0 Å². The van der Waals surface area contributed by atoms with Gasteiger partial charge in [-0.05, 0) is 22.2 Å². The zero-order chi connectivity index (χ0) is 10.7.